The predicted molar refractivity (Wildman–Crippen MR) is 73.9 cm³/mol. The maximum absolute atomic E-state index is 5.73. The zero-order chi connectivity index (χ0) is 12.7. The molecular formula is C12H10BrN5. The molecule has 0 unspecified atom stereocenters. The third-order valence-corrected chi connectivity index (χ3v) is 3.23. The molecule has 0 aliphatic carbocycles. The molecule has 0 atom stereocenters. The van der Waals surface area contributed by atoms with Gasteiger partial charge in [0.1, 0.15) is 15.9 Å². The molecule has 0 aromatic carbocycles. The van der Waals surface area contributed by atoms with E-state index in [1.807, 2.05) is 37.8 Å². The van der Waals surface area contributed by atoms with Crippen LogP contribution in [0.2, 0.25) is 0 Å². The predicted octanol–water partition coefficient (Wildman–Crippen LogP) is 2.38. The molecule has 3 rings (SSSR count). The van der Waals surface area contributed by atoms with Crippen molar-refractivity contribution in [3.63, 3.8) is 0 Å². The monoisotopic (exact) mass is 303 g/mol. The first-order valence-electron chi connectivity index (χ1n) is 5.34. The second kappa shape index (κ2) is 4.06. The summed E-state index contributed by atoms with van der Waals surface area (Å²) in [6.45, 7) is 0. The van der Waals surface area contributed by atoms with Crippen LogP contribution in [-0.2, 0) is 7.05 Å². The standard InChI is InChI=1S/C12H10BrN5/c1-18-6-9(5-16-18)8-2-7-3-10(14)17-12(13)11(7)15-4-8/h2-6H,1H3,(H2,14,17). The van der Waals surface area contributed by atoms with Gasteiger partial charge in [-0.25, -0.2) is 4.98 Å². The summed E-state index contributed by atoms with van der Waals surface area (Å²) in [6.07, 6.45) is 5.56. The number of nitrogens with two attached hydrogens (primary N) is 1. The zero-order valence-electron chi connectivity index (χ0n) is 9.63. The number of aryl methyl sites for hydroxylation is 1. The van der Waals surface area contributed by atoms with Crippen LogP contribution in [0.1, 0.15) is 0 Å². The lowest BCUT2D eigenvalue weighted by molar-refractivity contribution is 0.768. The van der Waals surface area contributed by atoms with E-state index in [1.54, 1.807) is 4.68 Å². The Balaban J connectivity index is 2.22. The molecule has 3 aromatic rings. The Morgan fingerprint density at radius 2 is 2.06 bits per heavy atom. The Labute approximate surface area is 112 Å². The Morgan fingerprint density at radius 1 is 1.22 bits per heavy atom. The molecule has 0 fully saturated rings. The van der Waals surface area contributed by atoms with Gasteiger partial charge in [0.15, 0.2) is 0 Å². The first-order valence-corrected chi connectivity index (χ1v) is 6.13. The fourth-order valence-electron chi connectivity index (χ4n) is 1.85. The topological polar surface area (TPSA) is 69.6 Å². The first kappa shape index (κ1) is 11.2. The van der Waals surface area contributed by atoms with Gasteiger partial charge in [0.2, 0.25) is 0 Å². The van der Waals surface area contributed by atoms with Gasteiger partial charge in [-0.1, -0.05) is 0 Å². The molecule has 0 aliphatic rings. The van der Waals surface area contributed by atoms with Gasteiger partial charge in [0, 0.05) is 36.0 Å². The van der Waals surface area contributed by atoms with Crippen molar-refractivity contribution in [1.82, 2.24) is 19.7 Å². The number of hydrogen-bond acceptors (Lipinski definition) is 4. The van der Waals surface area contributed by atoms with E-state index in [2.05, 4.69) is 31.0 Å². The van der Waals surface area contributed by atoms with E-state index in [4.69, 9.17) is 5.73 Å². The summed E-state index contributed by atoms with van der Waals surface area (Å²) >= 11 is 3.36. The number of aromatic nitrogens is 4. The van der Waals surface area contributed by atoms with Crippen molar-refractivity contribution in [2.75, 3.05) is 5.73 Å². The molecular weight excluding hydrogens is 294 g/mol. The van der Waals surface area contributed by atoms with Crippen molar-refractivity contribution in [2.45, 2.75) is 0 Å². The molecule has 0 saturated heterocycles. The number of anilines is 1. The van der Waals surface area contributed by atoms with Gasteiger partial charge in [-0.3, -0.25) is 9.67 Å². The van der Waals surface area contributed by atoms with Gasteiger partial charge in [0.05, 0.1) is 6.20 Å². The number of nitrogens with zero attached hydrogens (tertiary/aromatic N) is 4. The highest BCUT2D eigenvalue weighted by Crippen LogP contribution is 2.26. The third kappa shape index (κ3) is 1.84. The van der Waals surface area contributed by atoms with Crippen LogP contribution in [-0.4, -0.2) is 19.7 Å². The van der Waals surface area contributed by atoms with Crippen LogP contribution in [0, 0.1) is 0 Å². The van der Waals surface area contributed by atoms with Gasteiger partial charge in [-0.2, -0.15) is 5.10 Å². The lowest BCUT2D eigenvalue weighted by atomic mass is 10.1. The van der Waals surface area contributed by atoms with Crippen molar-refractivity contribution < 1.29 is 0 Å². The number of halogens is 1. The Kier molecular flexibility index (Phi) is 2.52. The minimum absolute atomic E-state index is 0.472. The van der Waals surface area contributed by atoms with E-state index in [0.29, 0.717) is 10.4 Å². The van der Waals surface area contributed by atoms with Crippen LogP contribution in [0.3, 0.4) is 0 Å². The highest BCUT2D eigenvalue weighted by molar-refractivity contribution is 9.10. The van der Waals surface area contributed by atoms with Crippen molar-refractivity contribution in [3.8, 4) is 11.1 Å². The second-order valence-electron chi connectivity index (χ2n) is 4.04. The molecule has 90 valence electrons. The van der Waals surface area contributed by atoms with Crippen molar-refractivity contribution >= 4 is 32.7 Å². The lowest BCUT2D eigenvalue weighted by Crippen LogP contribution is -1.93. The van der Waals surface area contributed by atoms with Gasteiger partial charge >= 0.3 is 0 Å². The molecule has 2 N–H and O–H groups in total. The number of hydrogen-bond donors (Lipinski definition) is 1. The van der Waals surface area contributed by atoms with Crippen LogP contribution in [0.5, 0.6) is 0 Å². The van der Waals surface area contributed by atoms with E-state index in [1.165, 1.54) is 0 Å². The smallest absolute Gasteiger partial charge is 0.134 e. The van der Waals surface area contributed by atoms with E-state index in [-0.39, 0.29) is 0 Å². The van der Waals surface area contributed by atoms with Crippen molar-refractivity contribution in [2.24, 2.45) is 7.05 Å². The fourth-order valence-corrected chi connectivity index (χ4v) is 2.39. The molecule has 0 amide bonds. The number of fused-ring (bicyclic) bond motifs is 1. The molecule has 0 spiro atoms. The minimum atomic E-state index is 0.472. The maximum atomic E-state index is 5.73. The van der Waals surface area contributed by atoms with E-state index >= 15 is 0 Å². The molecule has 0 bridgehead atoms. The molecule has 0 radical (unpaired) electrons. The number of nitrogen functional groups attached to an aromatic ring is 1. The van der Waals surface area contributed by atoms with E-state index in [9.17, 15) is 0 Å². The summed E-state index contributed by atoms with van der Waals surface area (Å²) in [7, 11) is 1.89. The summed E-state index contributed by atoms with van der Waals surface area (Å²) in [5.74, 6) is 0.472. The van der Waals surface area contributed by atoms with Crippen LogP contribution >= 0.6 is 15.9 Å². The first-order chi connectivity index (χ1) is 8.63. The number of pyridine rings is 2. The summed E-state index contributed by atoms with van der Waals surface area (Å²) in [5.41, 5.74) is 8.57. The maximum Gasteiger partial charge on any atom is 0.134 e. The summed E-state index contributed by atoms with van der Waals surface area (Å²) in [6, 6.07) is 3.84. The van der Waals surface area contributed by atoms with Crippen LogP contribution in [0.4, 0.5) is 5.82 Å². The van der Waals surface area contributed by atoms with Crippen molar-refractivity contribution in [3.05, 3.63) is 35.3 Å². The Hall–Kier alpha value is -1.95. The SMILES string of the molecule is Cn1cc(-c2cnc3c(Br)nc(N)cc3c2)cn1. The second-order valence-corrected chi connectivity index (χ2v) is 4.79. The fraction of sp³-hybridized carbons (Fsp3) is 0.0833. The summed E-state index contributed by atoms with van der Waals surface area (Å²) in [4.78, 5) is 8.53. The molecule has 3 aromatic heterocycles. The molecule has 3 heterocycles. The van der Waals surface area contributed by atoms with Gasteiger partial charge in [0.25, 0.3) is 0 Å². The molecule has 0 saturated carbocycles. The van der Waals surface area contributed by atoms with Crippen LogP contribution in [0.15, 0.2) is 35.3 Å². The van der Waals surface area contributed by atoms with Gasteiger partial charge in [-0.05, 0) is 28.1 Å². The number of rotatable bonds is 1. The molecule has 5 nitrogen and oxygen atoms in total. The zero-order valence-corrected chi connectivity index (χ0v) is 11.2. The van der Waals surface area contributed by atoms with E-state index in [0.717, 1.165) is 22.0 Å². The van der Waals surface area contributed by atoms with Gasteiger partial charge < -0.3 is 5.73 Å². The summed E-state index contributed by atoms with van der Waals surface area (Å²) in [5, 5.41) is 5.11. The highest BCUT2D eigenvalue weighted by atomic mass is 79.9. The normalized spacial score (nSPS) is 11.0. The highest BCUT2D eigenvalue weighted by Gasteiger charge is 2.07. The summed E-state index contributed by atoms with van der Waals surface area (Å²) < 4.78 is 2.42. The van der Waals surface area contributed by atoms with Crippen LogP contribution < -0.4 is 5.73 Å². The minimum Gasteiger partial charge on any atom is -0.384 e. The van der Waals surface area contributed by atoms with Crippen LogP contribution in [0.25, 0.3) is 22.0 Å². The molecule has 0 aliphatic heterocycles. The molecule has 18 heavy (non-hydrogen) atoms. The molecule has 6 heteroatoms. The lowest BCUT2D eigenvalue weighted by Gasteiger charge is -2.03. The Morgan fingerprint density at radius 3 is 2.78 bits per heavy atom. The third-order valence-electron chi connectivity index (χ3n) is 2.68. The Bertz CT molecular complexity index is 734. The average Bonchev–Trinajstić information content (AvgIpc) is 2.75. The average molecular weight is 304 g/mol. The van der Waals surface area contributed by atoms with E-state index < -0.39 is 0 Å². The van der Waals surface area contributed by atoms with Gasteiger partial charge in [-0.15, -0.1) is 0 Å². The quantitative estimate of drug-likeness (QED) is 0.701. The largest absolute Gasteiger partial charge is 0.384 e. The van der Waals surface area contributed by atoms with Crippen molar-refractivity contribution in [1.29, 1.82) is 0 Å².